The summed E-state index contributed by atoms with van der Waals surface area (Å²) >= 11 is 13.0. The highest BCUT2D eigenvalue weighted by Crippen LogP contribution is 2.38. The fraction of sp³-hybridized carbons (Fsp3) is 0.333. The van der Waals surface area contributed by atoms with E-state index in [1.165, 1.54) is 27.8 Å². The molecule has 0 nitrogen and oxygen atoms in total. The highest BCUT2D eigenvalue weighted by molar-refractivity contribution is 6.31. The van der Waals surface area contributed by atoms with Gasteiger partial charge in [-0.15, -0.1) is 11.6 Å². The smallest absolute Gasteiger partial charge is 0.0843 e. The van der Waals surface area contributed by atoms with Gasteiger partial charge in [0.15, 0.2) is 0 Å². The number of halogens is 2. The van der Waals surface area contributed by atoms with Crippen molar-refractivity contribution < 1.29 is 0 Å². The van der Waals surface area contributed by atoms with Crippen LogP contribution in [-0.4, -0.2) is 0 Å². The topological polar surface area (TPSA) is 0 Å². The van der Waals surface area contributed by atoms with Crippen molar-refractivity contribution in [3.05, 3.63) is 68.2 Å². The minimum absolute atomic E-state index is 0.160. The second kappa shape index (κ2) is 5.79. The molecule has 2 aromatic rings. The van der Waals surface area contributed by atoms with E-state index >= 15 is 0 Å². The van der Waals surface area contributed by atoms with Crippen LogP contribution in [0.4, 0.5) is 0 Å². The lowest BCUT2D eigenvalue weighted by molar-refractivity contribution is 1.04. The van der Waals surface area contributed by atoms with Crippen molar-refractivity contribution in [3.63, 3.8) is 0 Å². The van der Waals surface area contributed by atoms with Gasteiger partial charge in [0, 0.05) is 5.02 Å². The van der Waals surface area contributed by atoms with Crippen LogP contribution in [-0.2, 0) is 0 Å². The molecular formula is C18H20Cl2. The third kappa shape index (κ3) is 2.60. The molecule has 2 rings (SSSR count). The summed E-state index contributed by atoms with van der Waals surface area (Å²) < 4.78 is 0. The van der Waals surface area contributed by atoms with Gasteiger partial charge in [0.05, 0.1) is 5.38 Å². The molecule has 0 aliphatic rings. The Bertz CT molecular complexity index is 631. The van der Waals surface area contributed by atoms with Crippen molar-refractivity contribution in [2.75, 3.05) is 0 Å². The second-order valence-electron chi connectivity index (χ2n) is 5.49. The van der Waals surface area contributed by atoms with Crippen LogP contribution in [0.3, 0.4) is 0 Å². The molecule has 0 saturated carbocycles. The van der Waals surface area contributed by atoms with Crippen LogP contribution in [0.1, 0.15) is 44.3 Å². The molecular weight excluding hydrogens is 287 g/mol. The first-order chi connectivity index (χ1) is 9.34. The number of rotatable bonds is 2. The maximum absolute atomic E-state index is 6.80. The Kier molecular flexibility index (Phi) is 4.46. The number of aryl methyl sites for hydroxylation is 2. The molecule has 0 aliphatic carbocycles. The average molecular weight is 307 g/mol. The summed E-state index contributed by atoms with van der Waals surface area (Å²) in [6, 6.07) is 8.16. The lowest BCUT2D eigenvalue weighted by Gasteiger charge is -2.21. The predicted molar refractivity (Wildman–Crippen MR) is 89.3 cm³/mol. The fourth-order valence-electron chi connectivity index (χ4n) is 2.68. The van der Waals surface area contributed by atoms with Gasteiger partial charge in [-0.05, 0) is 79.6 Å². The van der Waals surface area contributed by atoms with E-state index in [1.54, 1.807) is 0 Å². The normalized spacial score (nSPS) is 12.6. The average Bonchev–Trinajstić information content (AvgIpc) is 2.40. The van der Waals surface area contributed by atoms with Gasteiger partial charge < -0.3 is 0 Å². The van der Waals surface area contributed by atoms with E-state index in [0.29, 0.717) is 0 Å². The van der Waals surface area contributed by atoms with E-state index in [-0.39, 0.29) is 5.38 Å². The molecule has 1 atom stereocenters. The van der Waals surface area contributed by atoms with Crippen LogP contribution in [0.5, 0.6) is 0 Å². The third-order valence-electron chi connectivity index (χ3n) is 4.26. The summed E-state index contributed by atoms with van der Waals surface area (Å²) in [5.41, 5.74) is 8.49. The monoisotopic (exact) mass is 306 g/mol. The first kappa shape index (κ1) is 15.4. The number of alkyl halides is 1. The number of hydrogen-bond acceptors (Lipinski definition) is 0. The van der Waals surface area contributed by atoms with Gasteiger partial charge in [-0.1, -0.05) is 29.8 Å². The maximum Gasteiger partial charge on any atom is 0.0843 e. The molecule has 0 aliphatic heterocycles. The van der Waals surface area contributed by atoms with Crippen LogP contribution >= 0.6 is 23.2 Å². The van der Waals surface area contributed by atoms with E-state index in [2.05, 4.69) is 39.8 Å². The SMILES string of the molecule is Cc1cc(C)c(C)c(C(Cl)c2cccc(Cl)c2C)c1C. The standard InChI is InChI=1S/C18H20Cl2/c1-10-9-11(2)13(4)17(12(10)3)18(20)15-7-6-8-16(19)14(15)5/h6-9,18H,1-5H3. The summed E-state index contributed by atoms with van der Waals surface area (Å²) in [7, 11) is 0. The van der Waals surface area contributed by atoms with Crippen molar-refractivity contribution in [2.24, 2.45) is 0 Å². The Morgan fingerprint density at radius 2 is 1.40 bits per heavy atom. The summed E-state index contributed by atoms with van der Waals surface area (Å²) in [6.07, 6.45) is 0. The van der Waals surface area contributed by atoms with E-state index < -0.39 is 0 Å². The Morgan fingerprint density at radius 1 is 0.850 bits per heavy atom. The zero-order valence-electron chi connectivity index (χ0n) is 12.6. The minimum Gasteiger partial charge on any atom is -0.113 e. The third-order valence-corrected chi connectivity index (χ3v) is 5.12. The van der Waals surface area contributed by atoms with Crippen molar-refractivity contribution in [1.29, 1.82) is 0 Å². The Morgan fingerprint density at radius 3 is 1.95 bits per heavy atom. The fourth-order valence-corrected chi connectivity index (χ4v) is 3.43. The van der Waals surface area contributed by atoms with Gasteiger partial charge in [-0.25, -0.2) is 0 Å². The highest BCUT2D eigenvalue weighted by atomic mass is 35.5. The van der Waals surface area contributed by atoms with Crippen LogP contribution in [0.2, 0.25) is 5.02 Å². The van der Waals surface area contributed by atoms with Crippen molar-refractivity contribution in [3.8, 4) is 0 Å². The molecule has 0 amide bonds. The van der Waals surface area contributed by atoms with Crippen LogP contribution in [0.25, 0.3) is 0 Å². The predicted octanol–water partition coefficient (Wildman–Crippen LogP) is 6.21. The van der Waals surface area contributed by atoms with E-state index in [0.717, 1.165) is 16.1 Å². The van der Waals surface area contributed by atoms with Gasteiger partial charge in [0.25, 0.3) is 0 Å². The Labute approximate surface area is 131 Å². The summed E-state index contributed by atoms with van der Waals surface area (Å²) in [5.74, 6) is 0. The number of hydrogen-bond donors (Lipinski definition) is 0. The highest BCUT2D eigenvalue weighted by Gasteiger charge is 2.20. The lowest BCUT2D eigenvalue weighted by atomic mass is 9.89. The molecule has 0 N–H and O–H groups in total. The van der Waals surface area contributed by atoms with Crippen LogP contribution < -0.4 is 0 Å². The van der Waals surface area contributed by atoms with Crippen molar-refractivity contribution >= 4 is 23.2 Å². The molecule has 0 radical (unpaired) electrons. The van der Waals surface area contributed by atoms with Gasteiger partial charge in [-0.3, -0.25) is 0 Å². The molecule has 0 fully saturated rings. The zero-order chi connectivity index (χ0) is 15.0. The molecule has 20 heavy (non-hydrogen) atoms. The molecule has 1 unspecified atom stereocenters. The van der Waals surface area contributed by atoms with Crippen LogP contribution in [0, 0.1) is 34.6 Å². The van der Waals surface area contributed by atoms with E-state index in [4.69, 9.17) is 23.2 Å². The summed E-state index contributed by atoms with van der Waals surface area (Å²) in [6.45, 7) is 10.6. The Hall–Kier alpha value is -0.980. The lowest BCUT2D eigenvalue weighted by Crippen LogP contribution is -2.05. The minimum atomic E-state index is -0.160. The maximum atomic E-state index is 6.80. The second-order valence-corrected chi connectivity index (χ2v) is 6.33. The molecule has 0 bridgehead atoms. The number of benzene rings is 2. The molecule has 0 aromatic heterocycles. The van der Waals surface area contributed by atoms with E-state index in [1.807, 2.05) is 19.1 Å². The van der Waals surface area contributed by atoms with Crippen LogP contribution in [0.15, 0.2) is 24.3 Å². The first-order valence-electron chi connectivity index (χ1n) is 6.81. The molecule has 2 heteroatoms. The molecule has 2 aromatic carbocycles. The quantitative estimate of drug-likeness (QED) is 0.579. The van der Waals surface area contributed by atoms with Gasteiger partial charge in [-0.2, -0.15) is 0 Å². The van der Waals surface area contributed by atoms with Gasteiger partial charge >= 0.3 is 0 Å². The van der Waals surface area contributed by atoms with Gasteiger partial charge in [0.1, 0.15) is 0 Å². The molecule has 106 valence electrons. The summed E-state index contributed by atoms with van der Waals surface area (Å²) in [4.78, 5) is 0. The molecule has 0 heterocycles. The largest absolute Gasteiger partial charge is 0.113 e. The Balaban J connectivity index is 2.65. The van der Waals surface area contributed by atoms with Gasteiger partial charge in [0.2, 0.25) is 0 Å². The summed E-state index contributed by atoms with van der Waals surface area (Å²) in [5, 5.41) is 0.611. The van der Waals surface area contributed by atoms with Crippen molar-refractivity contribution in [2.45, 2.75) is 40.0 Å². The first-order valence-corrected chi connectivity index (χ1v) is 7.62. The molecule has 0 spiro atoms. The molecule has 0 saturated heterocycles. The van der Waals surface area contributed by atoms with E-state index in [9.17, 15) is 0 Å². The zero-order valence-corrected chi connectivity index (χ0v) is 14.2. The van der Waals surface area contributed by atoms with Crippen molar-refractivity contribution in [1.82, 2.24) is 0 Å².